The second-order valence-electron chi connectivity index (χ2n) is 3.69. The lowest BCUT2D eigenvalue weighted by Gasteiger charge is -2.24. The lowest BCUT2D eigenvalue weighted by molar-refractivity contribution is -0.0521. The minimum absolute atomic E-state index is 0.203. The molecule has 0 bridgehead atoms. The van der Waals surface area contributed by atoms with Gasteiger partial charge >= 0.3 is 0 Å². The zero-order valence-corrected chi connectivity index (χ0v) is 8.52. The van der Waals surface area contributed by atoms with Crippen LogP contribution in [-0.4, -0.2) is 34.6 Å². The van der Waals surface area contributed by atoms with Crippen molar-refractivity contribution in [3.05, 3.63) is 24.8 Å². The Bertz CT molecular complexity index is 225. The number of aliphatic hydroxyl groups excluding tert-OH is 1. The number of ether oxygens (including phenoxy) is 1. The van der Waals surface area contributed by atoms with Crippen LogP contribution in [0.4, 0.5) is 0 Å². The number of rotatable bonds is 4. The Balaban J connectivity index is 2.62. The van der Waals surface area contributed by atoms with Crippen LogP contribution in [-0.2, 0) is 4.74 Å². The summed E-state index contributed by atoms with van der Waals surface area (Å²) in [4.78, 5) is 0. The summed E-state index contributed by atoms with van der Waals surface area (Å²) >= 11 is 0. The molecule has 0 aromatic rings. The third-order valence-electron chi connectivity index (χ3n) is 2.51. The minimum Gasteiger partial charge on any atom is -0.387 e. The number of hydrogen-bond acceptors (Lipinski definition) is 3. The van der Waals surface area contributed by atoms with E-state index < -0.39 is 17.8 Å². The molecule has 1 aliphatic rings. The average molecular weight is 198 g/mol. The van der Waals surface area contributed by atoms with E-state index >= 15 is 0 Å². The van der Waals surface area contributed by atoms with Gasteiger partial charge in [-0.2, -0.15) is 0 Å². The maximum absolute atomic E-state index is 9.99. The van der Waals surface area contributed by atoms with Gasteiger partial charge < -0.3 is 14.9 Å². The monoisotopic (exact) mass is 198 g/mol. The van der Waals surface area contributed by atoms with Gasteiger partial charge in [-0.3, -0.25) is 0 Å². The van der Waals surface area contributed by atoms with Crippen LogP contribution in [0.1, 0.15) is 19.8 Å². The molecule has 1 heterocycles. The van der Waals surface area contributed by atoms with Crippen molar-refractivity contribution in [2.75, 3.05) is 6.61 Å². The van der Waals surface area contributed by atoms with Gasteiger partial charge in [0, 0.05) is 0 Å². The molecule has 1 fully saturated rings. The Morgan fingerprint density at radius 3 is 2.93 bits per heavy atom. The van der Waals surface area contributed by atoms with Crippen LogP contribution in [0.25, 0.3) is 0 Å². The maximum atomic E-state index is 9.99. The fourth-order valence-electron chi connectivity index (χ4n) is 1.72. The molecule has 1 aliphatic heterocycles. The summed E-state index contributed by atoms with van der Waals surface area (Å²) in [6.45, 7) is 5.71. The van der Waals surface area contributed by atoms with Gasteiger partial charge in [-0.1, -0.05) is 38.2 Å². The molecular weight excluding hydrogens is 180 g/mol. The molecule has 14 heavy (non-hydrogen) atoms. The smallest absolute Gasteiger partial charge is 0.117 e. The lowest BCUT2D eigenvalue weighted by atomic mass is 9.91. The van der Waals surface area contributed by atoms with E-state index in [1.807, 2.05) is 6.92 Å². The van der Waals surface area contributed by atoms with E-state index in [-0.39, 0.29) is 6.61 Å². The first kappa shape index (κ1) is 11.4. The summed E-state index contributed by atoms with van der Waals surface area (Å²) < 4.78 is 5.30. The van der Waals surface area contributed by atoms with Crippen molar-refractivity contribution >= 4 is 0 Å². The van der Waals surface area contributed by atoms with E-state index in [4.69, 9.17) is 4.74 Å². The number of allylic oxidation sites excluding steroid dienone is 2. The van der Waals surface area contributed by atoms with E-state index in [2.05, 4.69) is 6.58 Å². The van der Waals surface area contributed by atoms with Gasteiger partial charge in [0.2, 0.25) is 0 Å². The summed E-state index contributed by atoms with van der Waals surface area (Å²) in [6, 6.07) is 0. The highest BCUT2D eigenvalue weighted by Crippen LogP contribution is 2.29. The van der Waals surface area contributed by atoms with E-state index in [9.17, 15) is 10.2 Å². The molecule has 0 spiro atoms. The fraction of sp³-hybridized carbons (Fsp3) is 0.636. The Morgan fingerprint density at radius 2 is 2.36 bits per heavy atom. The van der Waals surface area contributed by atoms with Gasteiger partial charge in [-0.05, 0) is 6.42 Å². The Morgan fingerprint density at radius 1 is 1.64 bits per heavy atom. The molecule has 0 saturated carbocycles. The molecule has 0 aromatic carbocycles. The Labute approximate surface area is 84.7 Å². The van der Waals surface area contributed by atoms with Gasteiger partial charge in [0.05, 0.1) is 6.61 Å². The van der Waals surface area contributed by atoms with Gasteiger partial charge in [-0.15, -0.1) is 0 Å². The molecule has 1 rings (SSSR count). The standard InChI is InChI=1S/C11H18O3/c1-3-5-6-9-10(12)11(13,7-4-2)8-14-9/h3,5-6,9-10,12-13H,1,4,7-8H2,2H3/b6-5+/t9-,10-,11-/m1/s1. The molecule has 3 atom stereocenters. The van der Waals surface area contributed by atoms with E-state index in [0.717, 1.165) is 6.42 Å². The highest BCUT2D eigenvalue weighted by Gasteiger charge is 2.45. The molecule has 2 N–H and O–H groups in total. The van der Waals surface area contributed by atoms with E-state index in [0.29, 0.717) is 6.42 Å². The second kappa shape index (κ2) is 4.73. The van der Waals surface area contributed by atoms with Crippen molar-refractivity contribution in [1.82, 2.24) is 0 Å². The number of aliphatic hydroxyl groups is 2. The molecule has 1 saturated heterocycles. The molecule has 80 valence electrons. The summed E-state index contributed by atoms with van der Waals surface area (Å²) in [7, 11) is 0. The number of hydrogen-bond donors (Lipinski definition) is 2. The predicted octanol–water partition coefficient (Wildman–Crippen LogP) is 1.02. The second-order valence-corrected chi connectivity index (χ2v) is 3.69. The third-order valence-corrected chi connectivity index (χ3v) is 2.51. The summed E-state index contributed by atoms with van der Waals surface area (Å²) in [5.41, 5.74) is -1.08. The van der Waals surface area contributed by atoms with Crippen LogP contribution in [0.15, 0.2) is 24.8 Å². The molecule has 0 radical (unpaired) electrons. The molecule has 3 heteroatoms. The minimum atomic E-state index is -1.08. The molecule has 0 unspecified atom stereocenters. The van der Waals surface area contributed by atoms with E-state index in [1.54, 1.807) is 18.2 Å². The van der Waals surface area contributed by atoms with Crippen molar-refractivity contribution in [1.29, 1.82) is 0 Å². The first-order valence-corrected chi connectivity index (χ1v) is 4.95. The van der Waals surface area contributed by atoms with Crippen LogP contribution < -0.4 is 0 Å². The van der Waals surface area contributed by atoms with Crippen molar-refractivity contribution in [2.45, 2.75) is 37.6 Å². The van der Waals surface area contributed by atoms with Gasteiger partial charge in [-0.25, -0.2) is 0 Å². The lowest BCUT2D eigenvalue weighted by Crippen LogP contribution is -2.43. The summed E-state index contributed by atoms with van der Waals surface area (Å²) in [5.74, 6) is 0. The van der Waals surface area contributed by atoms with Crippen LogP contribution in [0.3, 0.4) is 0 Å². The predicted molar refractivity (Wildman–Crippen MR) is 54.9 cm³/mol. The normalized spacial score (nSPS) is 37.9. The SMILES string of the molecule is C=C/C=C/[C@H]1OC[C@](O)(CCC)[C@@H]1O. The van der Waals surface area contributed by atoms with Gasteiger partial charge in [0.1, 0.15) is 17.8 Å². The van der Waals surface area contributed by atoms with Crippen LogP contribution in [0, 0.1) is 0 Å². The molecule has 3 nitrogen and oxygen atoms in total. The summed E-state index contributed by atoms with van der Waals surface area (Å²) in [5, 5.41) is 19.8. The molecular formula is C11H18O3. The van der Waals surface area contributed by atoms with Crippen LogP contribution >= 0.6 is 0 Å². The first-order chi connectivity index (χ1) is 6.64. The Hall–Kier alpha value is -0.640. The highest BCUT2D eigenvalue weighted by atomic mass is 16.5. The zero-order chi connectivity index (χ0) is 10.6. The van der Waals surface area contributed by atoms with Gasteiger partial charge in [0.15, 0.2) is 0 Å². The molecule has 0 amide bonds. The summed E-state index contributed by atoms with van der Waals surface area (Å²) in [6.07, 6.45) is 5.19. The Kier molecular flexibility index (Phi) is 3.86. The van der Waals surface area contributed by atoms with Gasteiger partial charge in [0.25, 0.3) is 0 Å². The first-order valence-electron chi connectivity index (χ1n) is 4.95. The molecule has 0 aliphatic carbocycles. The maximum Gasteiger partial charge on any atom is 0.117 e. The van der Waals surface area contributed by atoms with Crippen molar-refractivity contribution in [2.24, 2.45) is 0 Å². The van der Waals surface area contributed by atoms with Crippen molar-refractivity contribution in [3.63, 3.8) is 0 Å². The molecule has 0 aromatic heterocycles. The topological polar surface area (TPSA) is 49.7 Å². The van der Waals surface area contributed by atoms with Crippen LogP contribution in [0.5, 0.6) is 0 Å². The highest BCUT2D eigenvalue weighted by molar-refractivity contribution is 5.09. The zero-order valence-electron chi connectivity index (χ0n) is 8.52. The van der Waals surface area contributed by atoms with Crippen molar-refractivity contribution < 1.29 is 14.9 Å². The average Bonchev–Trinajstić information content (AvgIpc) is 2.43. The quantitative estimate of drug-likeness (QED) is 0.663. The third kappa shape index (κ3) is 2.23. The van der Waals surface area contributed by atoms with Crippen LogP contribution in [0.2, 0.25) is 0 Å². The largest absolute Gasteiger partial charge is 0.387 e. The van der Waals surface area contributed by atoms with Crippen molar-refractivity contribution in [3.8, 4) is 0 Å². The van der Waals surface area contributed by atoms with E-state index in [1.165, 1.54) is 0 Å². The fourth-order valence-corrected chi connectivity index (χ4v) is 1.72.